The van der Waals surface area contributed by atoms with Crippen LogP contribution in [-0.4, -0.2) is 9.97 Å². The molecule has 4 aromatic heterocycles. The zero-order chi connectivity index (χ0) is 25.8. The van der Waals surface area contributed by atoms with Gasteiger partial charge in [-0.2, -0.15) is 0 Å². The Kier molecular flexibility index (Phi) is 4.96. The molecule has 8 rings (SSSR count). The summed E-state index contributed by atoms with van der Waals surface area (Å²) >= 11 is 1.79. The zero-order valence-electron chi connectivity index (χ0n) is 20.7. The first kappa shape index (κ1) is 22.0. The third-order valence-electron chi connectivity index (χ3n) is 7.02. The van der Waals surface area contributed by atoms with Gasteiger partial charge in [-0.05, 0) is 30.3 Å². The Balaban J connectivity index is 1.17. The van der Waals surface area contributed by atoms with Crippen molar-refractivity contribution in [1.29, 1.82) is 0 Å². The highest BCUT2D eigenvalue weighted by Gasteiger charge is 2.15. The van der Waals surface area contributed by atoms with Gasteiger partial charge in [0.1, 0.15) is 11.2 Å². The summed E-state index contributed by atoms with van der Waals surface area (Å²) in [6.07, 6.45) is 0. The van der Waals surface area contributed by atoms with Crippen molar-refractivity contribution in [2.24, 2.45) is 0 Å². The van der Waals surface area contributed by atoms with E-state index in [-0.39, 0.29) is 0 Å². The van der Waals surface area contributed by atoms with Crippen molar-refractivity contribution in [3.05, 3.63) is 121 Å². The second-order valence-corrected chi connectivity index (χ2v) is 10.4. The average Bonchev–Trinajstić information content (AvgIpc) is 3.56. The molecule has 4 aromatic carbocycles. The molecule has 0 saturated heterocycles. The molecule has 0 aliphatic heterocycles. The van der Waals surface area contributed by atoms with Crippen LogP contribution in [0.3, 0.4) is 0 Å². The van der Waals surface area contributed by atoms with E-state index in [0.717, 1.165) is 44.5 Å². The van der Waals surface area contributed by atoms with Crippen molar-refractivity contribution in [3.8, 4) is 34.3 Å². The SMILES string of the molecule is c1cc(Oc2cccc(-c3cccc4c3sc3ccccc34)n2)nc(-c2cccc3c2oc2ccccc23)c1. The third-order valence-corrected chi connectivity index (χ3v) is 8.24. The van der Waals surface area contributed by atoms with Crippen LogP contribution in [-0.2, 0) is 0 Å². The number of rotatable bonds is 4. The lowest BCUT2D eigenvalue weighted by atomic mass is 10.1. The van der Waals surface area contributed by atoms with Crippen LogP contribution < -0.4 is 4.74 Å². The van der Waals surface area contributed by atoms with Gasteiger partial charge in [0, 0.05) is 54.2 Å². The van der Waals surface area contributed by atoms with Gasteiger partial charge in [0.05, 0.1) is 11.4 Å². The third kappa shape index (κ3) is 3.67. The van der Waals surface area contributed by atoms with Gasteiger partial charge in [0.25, 0.3) is 0 Å². The first-order valence-corrected chi connectivity index (χ1v) is 13.6. The minimum atomic E-state index is 0.477. The van der Waals surface area contributed by atoms with E-state index in [4.69, 9.17) is 19.1 Å². The highest BCUT2D eigenvalue weighted by molar-refractivity contribution is 7.26. The average molecular weight is 521 g/mol. The van der Waals surface area contributed by atoms with E-state index in [9.17, 15) is 0 Å². The normalized spacial score (nSPS) is 11.6. The molecule has 4 heterocycles. The molecule has 0 radical (unpaired) electrons. The van der Waals surface area contributed by atoms with E-state index in [1.165, 1.54) is 20.2 Å². The zero-order valence-corrected chi connectivity index (χ0v) is 21.5. The fourth-order valence-electron chi connectivity index (χ4n) is 5.25. The second kappa shape index (κ2) is 8.79. The number of thiophene rings is 1. The van der Waals surface area contributed by atoms with Gasteiger partial charge in [-0.15, -0.1) is 11.3 Å². The molecule has 0 amide bonds. The van der Waals surface area contributed by atoms with Gasteiger partial charge in [0.2, 0.25) is 11.8 Å². The molecule has 0 saturated carbocycles. The van der Waals surface area contributed by atoms with E-state index in [0.29, 0.717) is 11.8 Å². The lowest BCUT2D eigenvalue weighted by molar-refractivity contribution is 0.446. The predicted octanol–water partition coefficient (Wildman–Crippen LogP) is 9.87. The molecular formula is C34H20N2O2S. The Hall–Kier alpha value is -5.00. The van der Waals surface area contributed by atoms with Gasteiger partial charge in [-0.3, -0.25) is 0 Å². The van der Waals surface area contributed by atoms with Gasteiger partial charge in [0.15, 0.2) is 0 Å². The van der Waals surface area contributed by atoms with Crippen LogP contribution in [0.1, 0.15) is 0 Å². The van der Waals surface area contributed by atoms with Crippen molar-refractivity contribution in [3.63, 3.8) is 0 Å². The Morgan fingerprint density at radius 3 is 1.95 bits per heavy atom. The highest BCUT2D eigenvalue weighted by Crippen LogP contribution is 2.40. The summed E-state index contributed by atoms with van der Waals surface area (Å²) in [5, 5.41) is 4.68. The molecule has 184 valence electrons. The maximum absolute atomic E-state index is 6.23. The van der Waals surface area contributed by atoms with Crippen molar-refractivity contribution >= 4 is 53.4 Å². The van der Waals surface area contributed by atoms with Gasteiger partial charge in [-0.25, -0.2) is 9.97 Å². The van der Waals surface area contributed by atoms with Crippen molar-refractivity contribution < 1.29 is 9.15 Å². The maximum atomic E-state index is 6.23. The van der Waals surface area contributed by atoms with Crippen LogP contribution >= 0.6 is 11.3 Å². The van der Waals surface area contributed by atoms with Crippen LogP contribution in [0.4, 0.5) is 0 Å². The Bertz CT molecular complexity index is 2020. The van der Waals surface area contributed by atoms with Gasteiger partial charge < -0.3 is 9.15 Å². The summed E-state index contributed by atoms with van der Waals surface area (Å²) in [5.74, 6) is 0.975. The summed E-state index contributed by atoms with van der Waals surface area (Å²) < 4.78 is 14.9. The van der Waals surface area contributed by atoms with E-state index in [2.05, 4.69) is 54.6 Å². The molecule has 39 heavy (non-hydrogen) atoms. The Labute approximate surface area is 227 Å². The first-order valence-electron chi connectivity index (χ1n) is 12.7. The number of nitrogens with zero attached hydrogens (tertiary/aromatic N) is 2. The fourth-order valence-corrected chi connectivity index (χ4v) is 6.47. The molecule has 0 atom stereocenters. The number of aromatic nitrogens is 2. The molecule has 4 nitrogen and oxygen atoms in total. The number of pyridine rings is 2. The molecule has 0 bridgehead atoms. The summed E-state index contributed by atoms with van der Waals surface area (Å²) in [6.45, 7) is 0. The number of furan rings is 1. The first-order chi connectivity index (χ1) is 19.3. The molecule has 0 aliphatic rings. The maximum Gasteiger partial charge on any atom is 0.221 e. The smallest absolute Gasteiger partial charge is 0.221 e. The monoisotopic (exact) mass is 520 g/mol. The highest BCUT2D eigenvalue weighted by atomic mass is 32.1. The minimum Gasteiger partial charge on any atom is -0.455 e. The summed E-state index contributed by atoms with van der Waals surface area (Å²) in [7, 11) is 0. The molecule has 0 fully saturated rings. The fraction of sp³-hybridized carbons (Fsp3) is 0. The summed E-state index contributed by atoms with van der Waals surface area (Å²) in [6, 6.07) is 40.8. The standard InChI is InChI=1S/C34H20N2O2S/c1-3-17-29-21(9-1)23-11-5-13-25(33(23)37-29)27-15-7-19-31(35-27)38-32-20-8-16-28(36-32)26-14-6-12-24-22-10-2-4-18-30(22)39-34(24)26/h1-20H. The van der Waals surface area contributed by atoms with Crippen LogP contribution in [0.15, 0.2) is 126 Å². The van der Waals surface area contributed by atoms with Crippen molar-refractivity contribution in [2.45, 2.75) is 0 Å². The number of hydrogen-bond acceptors (Lipinski definition) is 5. The number of fused-ring (bicyclic) bond motifs is 6. The summed E-state index contributed by atoms with van der Waals surface area (Å²) in [4.78, 5) is 9.69. The molecule has 0 unspecified atom stereocenters. The van der Waals surface area contributed by atoms with Crippen LogP contribution in [0.5, 0.6) is 11.8 Å². The second-order valence-electron chi connectivity index (χ2n) is 9.39. The van der Waals surface area contributed by atoms with Crippen LogP contribution in [0, 0.1) is 0 Å². The van der Waals surface area contributed by atoms with Crippen LogP contribution in [0.2, 0.25) is 0 Å². The molecule has 0 aliphatic carbocycles. The quantitative estimate of drug-likeness (QED) is 0.232. The Morgan fingerprint density at radius 2 is 1.13 bits per heavy atom. The number of benzene rings is 4. The van der Waals surface area contributed by atoms with Crippen molar-refractivity contribution in [1.82, 2.24) is 9.97 Å². The van der Waals surface area contributed by atoms with E-state index in [1.54, 1.807) is 11.3 Å². The summed E-state index contributed by atoms with van der Waals surface area (Å²) in [5.41, 5.74) is 5.35. The Morgan fingerprint density at radius 1 is 0.513 bits per heavy atom. The molecule has 0 N–H and O–H groups in total. The number of ether oxygens (including phenoxy) is 1. The van der Waals surface area contributed by atoms with Crippen LogP contribution in [0.25, 0.3) is 64.6 Å². The minimum absolute atomic E-state index is 0.477. The lowest BCUT2D eigenvalue weighted by Crippen LogP contribution is -1.93. The van der Waals surface area contributed by atoms with E-state index < -0.39 is 0 Å². The molecule has 5 heteroatoms. The van der Waals surface area contributed by atoms with E-state index >= 15 is 0 Å². The lowest BCUT2D eigenvalue weighted by Gasteiger charge is -2.09. The number of hydrogen-bond donors (Lipinski definition) is 0. The molecule has 0 spiro atoms. The van der Waals surface area contributed by atoms with E-state index in [1.807, 2.05) is 66.7 Å². The van der Waals surface area contributed by atoms with Gasteiger partial charge >= 0.3 is 0 Å². The topological polar surface area (TPSA) is 48.2 Å². The van der Waals surface area contributed by atoms with Gasteiger partial charge in [-0.1, -0.05) is 78.9 Å². The number of para-hydroxylation sites is 2. The molecular weight excluding hydrogens is 500 g/mol. The molecule has 8 aromatic rings. The van der Waals surface area contributed by atoms with Crippen molar-refractivity contribution in [2.75, 3.05) is 0 Å². The predicted molar refractivity (Wildman–Crippen MR) is 160 cm³/mol. The largest absolute Gasteiger partial charge is 0.455 e.